The highest BCUT2D eigenvalue weighted by Crippen LogP contribution is 2.24. The summed E-state index contributed by atoms with van der Waals surface area (Å²) in [6.45, 7) is 4.25. The summed E-state index contributed by atoms with van der Waals surface area (Å²) in [4.78, 5) is 12.6. The van der Waals surface area contributed by atoms with E-state index in [0.29, 0.717) is 39.5 Å². The van der Waals surface area contributed by atoms with Crippen LogP contribution in [0.5, 0.6) is 5.75 Å². The van der Waals surface area contributed by atoms with Crippen LogP contribution in [0.2, 0.25) is 10.0 Å². The van der Waals surface area contributed by atoms with Gasteiger partial charge in [0.05, 0.1) is 6.54 Å². The van der Waals surface area contributed by atoms with Crippen LogP contribution in [-0.4, -0.2) is 15.7 Å². The van der Waals surface area contributed by atoms with E-state index in [1.54, 1.807) is 41.1 Å². The van der Waals surface area contributed by atoms with E-state index >= 15 is 0 Å². The summed E-state index contributed by atoms with van der Waals surface area (Å²) in [5.41, 5.74) is 2.42. The predicted octanol–water partition coefficient (Wildman–Crippen LogP) is 6.42. The summed E-state index contributed by atoms with van der Waals surface area (Å²) in [7, 11) is 0. The molecule has 0 aliphatic heterocycles. The van der Waals surface area contributed by atoms with Gasteiger partial charge in [0.15, 0.2) is 11.6 Å². The number of nitrogens with one attached hydrogen (secondary N) is 1. The van der Waals surface area contributed by atoms with Crippen LogP contribution in [0, 0.1) is 19.7 Å². The van der Waals surface area contributed by atoms with Crippen molar-refractivity contribution in [3.8, 4) is 5.75 Å². The van der Waals surface area contributed by atoms with E-state index in [9.17, 15) is 9.18 Å². The number of carbonyl (C=O) groups is 1. The Morgan fingerprint density at radius 2 is 1.94 bits per heavy atom. The second-order valence-electron chi connectivity index (χ2n) is 7.48. The zero-order valence-corrected chi connectivity index (χ0v) is 19.4. The van der Waals surface area contributed by atoms with Crippen LogP contribution < -0.4 is 10.1 Å². The van der Waals surface area contributed by atoms with Crippen molar-refractivity contribution in [2.75, 3.05) is 5.32 Å². The third-order valence-electron chi connectivity index (χ3n) is 4.95. The third-order valence-corrected chi connectivity index (χ3v) is 5.54. The van der Waals surface area contributed by atoms with Crippen LogP contribution in [-0.2, 0) is 13.2 Å². The number of halogens is 3. The minimum absolute atomic E-state index is 0.134. The fourth-order valence-corrected chi connectivity index (χ4v) is 3.68. The molecule has 0 bridgehead atoms. The van der Waals surface area contributed by atoms with Gasteiger partial charge in [-0.3, -0.25) is 9.48 Å². The van der Waals surface area contributed by atoms with Gasteiger partial charge in [-0.25, -0.2) is 4.39 Å². The molecule has 0 atom stereocenters. The van der Waals surface area contributed by atoms with E-state index in [4.69, 9.17) is 32.4 Å². The molecule has 2 heterocycles. The minimum atomic E-state index is -0.437. The molecular formula is C24H20Cl2FN3O3. The summed E-state index contributed by atoms with van der Waals surface area (Å²) < 4.78 is 26.3. The second kappa shape index (κ2) is 9.68. The van der Waals surface area contributed by atoms with Crippen LogP contribution in [0.1, 0.15) is 33.1 Å². The number of aryl methyl sites for hydroxylation is 2. The topological polar surface area (TPSA) is 69.3 Å². The maximum atomic E-state index is 13.3. The Hall–Kier alpha value is -3.29. The van der Waals surface area contributed by atoms with E-state index in [0.717, 1.165) is 11.3 Å². The average molecular weight is 488 g/mol. The van der Waals surface area contributed by atoms with Crippen LogP contribution in [0.3, 0.4) is 0 Å². The van der Waals surface area contributed by atoms with Gasteiger partial charge >= 0.3 is 0 Å². The fraction of sp³-hybridized carbons (Fsp3) is 0.167. The molecule has 0 aliphatic rings. The summed E-state index contributed by atoms with van der Waals surface area (Å²) >= 11 is 12.1. The van der Waals surface area contributed by atoms with Gasteiger partial charge in [0, 0.05) is 21.8 Å². The lowest BCUT2D eigenvalue weighted by Crippen LogP contribution is -2.12. The van der Waals surface area contributed by atoms with Crippen molar-refractivity contribution in [1.82, 2.24) is 9.78 Å². The van der Waals surface area contributed by atoms with E-state index in [1.807, 2.05) is 19.9 Å². The van der Waals surface area contributed by atoms with Gasteiger partial charge in [-0.1, -0.05) is 29.3 Å². The number of hydrogen-bond acceptors (Lipinski definition) is 4. The van der Waals surface area contributed by atoms with Gasteiger partial charge in [-0.2, -0.15) is 5.10 Å². The summed E-state index contributed by atoms with van der Waals surface area (Å²) in [5, 5.41) is 8.06. The summed E-state index contributed by atoms with van der Waals surface area (Å²) in [6.07, 6.45) is 0. The molecule has 4 rings (SSSR count). The normalized spacial score (nSPS) is 10.9. The zero-order chi connectivity index (χ0) is 23.5. The monoisotopic (exact) mass is 487 g/mol. The van der Waals surface area contributed by atoms with E-state index in [1.165, 1.54) is 12.1 Å². The van der Waals surface area contributed by atoms with Gasteiger partial charge in [0.25, 0.3) is 5.91 Å². The van der Waals surface area contributed by atoms with Gasteiger partial charge < -0.3 is 14.5 Å². The number of hydrogen-bond donors (Lipinski definition) is 1. The lowest BCUT2D eigenvalue weighted by Gasteiger charge is -2.07. The maximum absolute atomic E-state index is 13.3. The first kappa shape index (κ1) is 22.9. The molecule has 0 unspecified atom stereocenters. The molecule has 0 aliphatic carbocycles. The largest absolute Gasteiger partial charge is 0.485 e. The molecule has 2 aromatic carbocycles. The highest BCUT2D eigenvalue weighted by atomic mass is 35.5. The van der Waals surface area contributed by atoms with Crippen molar-refractivity contribution >= 4 is 34.9 Å². The van der Waals surface area contributed by atoms with Crippen molar-refractivity contribution in [2.45, 2.75) is 27.0 Å². The lowest BCUT2D eigenvalue weighted by atomic mass is 10.2. The molecule has 170 valence electrons. The quantitative estimate of drug-likeness (QED) is 0.326. The molecule has 9 heteroatoms. The first-order valence-electron chi connectivity index (χ1n) is 10.1. The number of nitrogens with zero attached hydrogens (tertiary/aromatic N) is 2. The molecule has 1 amide bonds. The van der Waals surface area contributed by atoms with Crippen molar-refractivity contribution in [3.05, 3.63) is 98.8 Å². The molecule has 0 spiro atoms. The minimum Gasteiger partial charge on any atom is -0.485 e. The Morgan fingerprint density at radius 3 is 2.70 bits per heavy atom. The molecule has 0 saturated heterocycles. The SMILES string of the molecule is Cc1cc(Cl)ccc1OCc1ccc(C(=O)Nc2cc(C)n(Cc3ccc(F)cc3Cl)n2)o1. The first-order valence-corrected chi connectivity index (χ1v) is 10.8. The molecule has 4 aromatic rings. The lowest BCUT2D eigenvalue weighted by molar-refractivity contribution is 0.0992. The Bertz CT molecular complexity index is 1320. The number of amides is 1. The van der Waals surface area contributed by atoms with Gasteiger partial charge in [0.2, 0.25) is 0 Å². The van der Waals surface area contributed by atoms with Crippen LogP contribution in [0.4, 0.5) is 10.2 Å². The Labute approximate surface area is 199 Å². The van der Waals surface area contributed by atoms with Crippen molar-refractivity contribution in [2.24, 2.45) is 0 Å². The molecule has 6 nitrogen and oxygen atoms in total. The number of carbonyl (C=O) groups excluding carboxylic acids is 1. The highest BCUT2D eigenvalue weighted by molar-refractivity contribution is 6.31. The Kier molecular flexibility index (Phi) is 6.72. The van der Waals surface area contributed by atoms with E-state index < -0.39 is 11.7 Å². The standard InChI is InChI=1S/C24H20Cl2FN3O3/c1-14-9-17(25)4-7-21(14)32-13-19-6-8-22(33-19)24(31)28-23-10-15(2)30(29-23)12-16-3-5-18(27)11-20(16)26/h3-11H,12-13H2,1-2H3,(H,28,29,31). The van der Waals surface area contributed by atoms with Gasteiger partial charge in [-0.05, 0) is 67.4 Å². The maximum Gasteiger partial charge on any atom is 0.292 e. The van der Waals surface area contributed by atoms with Crippen molar-refractivity contribution < 1.29 is 18.3 Å². The molecule has 2 aromatic heterocycles. The fourth-order valence-electron chi connectivity index (χ4n) is 3.22. The number of anilines is 1. The first-order chi connectivity index (χ1) is 15.8. The smallest absolute Gasteiger partial charge is 0.292 e. The summed E-state index contributed by atoms with van der Waals surface area (Å²) in [5.74, 6) is 0.844. The molecular weight excluding hydrogens is 468 g/mol. The number of rotatable bonds is 7. The summed E-state index contributed by atoms with van der Waals surface area (Å²) in [6, 6.07) is 14.5. The van der Waals surface area contributed by atoms with Crippen molar-refractivity contribution in [1.29, 1.82) is 0 Å². The number of furan rings is 1. The molecule has 0 fully saturated rings. The predicted molar refractivity (Wildman–Crippen MR) is 125 cm³/mol. The van der Waals surface area contributed by atoms with Gasteiger partial charge in [-0.15, -0.1) is 0 Å². The molecule has 33 heavy (non-hydrogen) atoms. The third kappa shape index (κ3) is 5.56. The Balaban J connectivity index is 1.38. The van der Waals surface area contributed by atoms with E-state index in [2.05, 4.69) is 10.4 Å². The second-order valence-corrected chi connectivity index (χ2v) is 8.33. The molecule has 0 saturated carbocycles. The van der Waals surface area contributed by atoms with Crippen LogP contribution >= 0.6 is 23.2 Å². The van der Waals surface area contributed by atoms with Crippen LogP contribution in [0.25, 0.3) is 0 Å². The number of ether oxygens (including phenoxy) is 1. The average Bonchev–Trinajstić information content (AvgIpc) is 3.36. The molecule has 1 N–H and O–H groups in total. The number of aromatic nitrogens is 2. The van der Waals surface area contributed by atoms with E-state index in [-0.39, 0.29) is 12.4 Å². The van der Waals surface area contributed by atoms with Crippen LogP contribution in [0.15, 0.2) is 59.0 Å². The van der Waals surface area contributed by atoms with Crippen molar-refractivity contribution in [3.63, 3.8) is 0 Å². The highest BCUT2D eigenvalue weighted by Gasteiger charge is 2.15. The van der Waals surface area contributed by atoms with Gasteiger partial charge in [0.1, 0.15) is 23.9 Å². The molecule has 0 radical (unpaired) electrons. The zero-order valence-electron chi connectivity index (χ0n) is 17.9. The Morgan fingerprint density at radius 1 is 1.12 bits per heavy atom. The number of benzene rings is 2.